The molecule has 1 aromatic heterocycles. The number of anilines is 1. The number of hydrogen-bond acceptors (Lipinski definition) is 5. The topological polar surface area (TPSA) is 72.5 Å². The lowest BCUT2D eigenvalue weighted by Gasteiger charge is -2.13. The van der Waals surface area contributed by atoms with Crippen LogP contribution in [0.25, 0.3) is 0 Å². The number of nitrogens with one attached hydrogen (secondary N) is 2. The predicted molar refractivity (Wildman–Crippen MR) is 132 cm³/mol. The van der Waals surface area contributed by atoms with E-state index < -0.39 is 11.7 Å². The third-order valence-corrected chi connectivity index (χ3v) is 4.82. The molecule has 0 fully saturated rings. The first kappa shape index (κ1) is 22.9. The molecule has 4 aromatic rings. The summed E-state index contributed by atoms with van der Waals surface area (Å²) in [5.41, 5.74) is 1.89. The number of nitrogens with zero attached hydrogens (tertiary/aromatic N) is 1. The highest BCUT2D eigenvalue weighted by Gasteiger charge is 2.16. The minimum Gasteiger partial charge on any atom is -0.489 e. The van der Waals surface area contributed by atoms with E-state index in [1.807, 2.05) is 42.5 Å². The number of benzene rings is 3. The van der Waals surface area contributed by atoms with Gasteiger partial charge in [-0.05, 0) is 66.3 Å². The zero-order valence-corrected chi connectivity index (χ0v) is 18.7. The summed E-state index contributed by atoms with van der Waals surface area (Å²) in [5.74, 6) is 0.189. The van der Waals surface area contributed by atoms with Gasteiger partial charge in [0.25, 0.3) is 5.91 Å². The van der Waals surface area contributed by atoms with E-state index in [1.165, 1.54) is 30.5 Å². The predicted octanol–water partition coefficient (Wildman–Crippen LogP) is 5.72. The van der Waals surface area contributed by atoms with Crippen molar-refractivity contribution in [1.29, 1.82) is 0 Å². The first-order valence-corrected chi connectivity index (χ1v) is 10.8. The van der Waals surface area contributed by atoms with E-state index in [0.717, 1.165) is 5.56 Å². The van der Waals surface area contributed by atoms with Gasteiger partial charge >= 0.3 is 0 Å². The van der Waals surface area contributed by atoms with Crippen LogP contribution in [0.3, 0.4) is 0 Å². The summed E-state index contributed by atoms with van der Waals surface area (Å²) in [7, 11) is 0. The number of aromatic nitrogens is 1. The van der Waals surface area contributed by atoms with E-state index in [9.17, 15) is 9.18 Å². The average molecular weight is 474 g/mol. The van der Waals surface area contributed by atoms with Gasteiger partial charge in [-0.25, -0.2) is 9.37 Å². The quantitative estimate of drug-likeness (QED) is 0.335. The normalized spacial score (nSPS) is 10.3. The second kappa shape index (κ2) is 11.0. The van der Waals surface area contributed by atoms with Crippen LogP contribution in [0.15, 0.2) is 97.2 Å². The lowest BCUT2D eigenvalue weighted by atomic mass is 10.2. The number of pyridine rings is 1. The Hall–Kier alpha value is -4.30. The van der Waals surface area contributed by atoms with Crippen LogP contribution in [0.4, 0.5) is 10.1 Å². The molecule has 34 heavy (non-hydrogen) atoms. The van der Waals surface area contributed by atoms with Crippen LogP contribution < -0.4 is 20.1 Å². The highest BCUT2D eigenvalue weighted by molar-refractivity contribution is 7.80. The number of ether oxygens (including phenoxy) is 2. The van der Waals surface area contributed by atoms with Gasteiger partial charge in [-0.3, -0.25) is 10.1 Å². The van der Waals surface area contributed by atoms with Crippen LogP contribution in [-0.2, 0) is 6.61 Å². The minimum absolute atomic E-state index is 0.0747. The second-order valence-corrected chi connectivity index (χ2v) is 7.53. The maximum absolute atomic E-state index is 13.1. The van der Waals surface area contributed by atoms with Crippen LogP contribution in [0.5, 0.6) is 17.4 Å². The van der Waals surface area contributed by atoms with Crippen LogP contribution in [0.2, 0.25) is 0 Å². The molecular formula is C26H20FN3O3S. The van der Waals surface area contributed by atoms with E-state index >= 15 is 0 Å². The van der Waals surface area contributed by atoms with Gasteiger partial charge in [0.1, 0.15) is 29.5 Å². The van der Waals surface area contributed by atoms with Crippen molar-refractivity contribution < 1.29 is 18.7 Å². The van der Waals surface area contributed by atoms with E-state index in [4.69, 9.17) is 21.7 Å². The number of amides is 1. The minimum atomic E-state index is -0.501. The van der Waals surface area contributed by atoms with Crippen molar-refractivity contribution in [2.24, 2.45) is 0 Å². The van der Waals surface area contributed by atoms with Crippen molar-refractivity contribution in [3.8, 4) is 17.4 Å². The number of carbonyl (C=O) groups is 1. The zero-order valence-electron chi connectivity index (χ0n) is 17.9. The molecule has 3 aromatic carbocycles. The smallest absolute Gasteiger partial charge is 0.262 e. The van der Waals surface area contributed by atoms with Crippen molar-refractivity contribution in [1.82, 2.24) is 10.3 Å². The van der Waals surface area contributed by atoms with E-state index in [0.29, 0.717) is 23.8 Å². The van der Waals surface area contributed by atoms with Gasteiger partial charge in [-0.1, -0.05) is 36.4 Å². The first-order valence-electron chi connectivity index (χ1n) is 10.3. The summed E-state index contributed by atoms with van der Waals surface area (Å²) < 4.78 is 24.6. The summed E-state index contributed by atoms with van der Waals surface area (Å²) in [6, 6.07) is 25.7. The van der Waals surface area contributed by atoms with Gasteiger partial charge in [0, 0.05) is 18.0 Å². The molecule has 0 bridgehead atoms. The highest BCUT2D eigenvalue weighted by Crippen LogP contribution is 2.23. The van der Waals surface area contributed by atoms with E-state index in [2.05, 4.69) is 15.6 Å². The van der Waals surface area contributed by atoms with Crippen LogP contribution in [-0.4, -0.2) is 16.0 Å². The van der Waals surface area contributed by atoms with Gasteiger partial charge in [0.15, 0.2) is 5.11 Å². The molecule has 1 heterocycles. The summed E-state index contributed by atoms with van der Waals surface area (Å²) >= 11 is 5.30. The Balaban J connectivity index is 1.37. The fourth-order valence-corrected chi connectivity index (χ4v) is 3.21. The van der Waals surface area contributed by atoms with Gasteiger partial charge < -0.3 is 14.8 Å². The molecule has 1 amide bonds. The van der Waals surface area contributed by atoms with Crippen LogP contribution in [0.1, 0.15) is 15.9 Å². The zero-order chi connectivity index (χ0) is 23.8. The van der Waals surface area contributed by atoms with Gasteiger partial charge in [0.2, 0.25) is 5.88 Å². The molecule has 0 aliphatic carbocycles. The van der Waals surface area contributed by atoms with Crippen LogP contribution >= 0.6 is 12.2 Å². The van der Waals surface area contributed by atoms with Crippen molar-refractivity contribution in [3.63, 3.8) is 0 Å². The molecule has 4 rings (SSSR count). The van der Waals surface area contributed by atoms with Gasteiger partial charge in [0.05, 0.1) is 0 Å². The lowest BCUT2D eigenvalue weighted by Crippen LogP contribution is -2.34. The Morgan fingerprint density at radius 1 is 0.912 bits per heavy atom. The summed E-state index contributed by atoms with van der Waals surface area (Å²) in [6.45, 7) is 0.434. The molecule has 0 saturated heterocycles. The largest absolute Gasteiger partial charge is 0.489 e. The van der Waals surface area contributed by atoms with Crippen LogP contribution in [0, 0.1) is 5.82 Å². The fourth-order valence-electron chi connectivity index (χ4n) is 3.00. The van der Waals surface area contributed by atoms with Crippen molar-refractivity contribution in [2.45, 2.75) is 6.61 Å². The number of hydrogen-bond donors (Lipinski definition) is 2. The van der Waals surface area contributed by atoms with Crippen molar-refractivity contribution in [3.05, 3.63) is 114 Å². The molecule has 0 aliphatic rings. The molecule has 0 atom stereocenters. The molecule has 6 nitrogen and oxygen atoms in total. The Morgan fingerprint density at radius 3 is 2.50 bits per heavy atom. The fraction of sp³-hybridized carbons (Fsp3) is 0.0385. The Labute approximate surface area is 201 Å². The number of rotatable bonds is 7. The number of thiocarbonyl (C=S) groups is 1. The highest BCUT2D eigenvalue weighted by atomic mass is 32.1. The summed E-state index contributed by atoms with van der Waals surface area (Å²) in [4.78, 5) is 16.9. The maximum atomic E-state index is 13.1. The summed E-state index contributed by atoms with van der Waals surface area (Å²) in [5, 5.41) is 5.69. The standard InChI is InChI=1S/C26H20FN3O3S/c27-19-11-13-21(14-12-19)33-25-23(10-5-15-28-25)24(31)30-26(34)29-20-8-4-9-22(16-20)32-17-18-6-2-1-3-7-18/h1-16H,17H2,(H2,29,30,31,34). The van der Waals surface area contributed by atoms with E-state index in [-0.39, 0.29) is 16.6 Å². The number of halogens is 1. The third-order valence-electron chi connectivity index (χ3n) is 4.61. The second-order valence-electron chi connectivity index (χ2n) is 7.12. The monoisotopic (exact) mass is 473 g/mol. The molecule has 0 spiro atoms. The number of carbonyl (C=O) groups excluding carboxylic acids is 1. The molecule has 0 saturated carbocycles. The lowest BCUT2D eigenvalue weighted by molar-refractivity contribution is 0.0975. The third kappa shape index (κ3) is 6.36. The Bertz CT molecular complexity index is 1280. The Morgan fingerprint density at radius 2 is 1.71 bits per heavy atom. The maximum Gasteiger partial charge on any atom is 0.262 e. The summed E-state index contributed by atoms with van der Waals surface area (Å²) in [6.07, 6.45) is 1.49. The first-order chi connectivity index (χ1) is 16.6. The SMILES string of the molecule is O=C(NC(=S)Nc1cccc(OCc2ccccc2)c1)c1cccnc1Oc1ccc(F)cc1. The molecule has 0 aliphatic heterocycles. The molecule has 2 N–H and O–H groups in total. The molecule has 0 unspecified atom stereocenters. The molecule has 0 radical (unpaired) electrons. The van der Waals surface area contributed by atoms with Gasteiger partial charge in [-0.2, -0.15) is 0 Å². The average Bonchev–Trinajstić information content (AvgIpc) is 2.85. The molecule has 8 heteroatoms. The van der Waals surface area contributed by atoms with Gasteiger partial charge in [-0.15, -0.1) is 0 Å². The van der Waals surface area contributed by atoms with E-state index in [1.54, 1.807) is 24.3 Å². The van der Waals surface area contributed by atoms with Crippen molar-refractivity contribution >= 4 is 28.9 Å². The molecule has 170 valence electrons. The molecular weight excluding hydrogens is 453 g/mol. The van der Waals surface area contributed by atoms with Crippen molar-refractivity contribution in [2.75, 3.05) is 5.32 Å². The Kier molecular flexibility index (Phi) is 7.42.